The van der Waals surface area contributed by atoms with Gasteiger partial charge in [-0.25, -0.2) is 4.79 Å². The Bertz CT molecular complexity index is 1240. The number of carbonyl (C=O) groups is 2. The normalized spacial score (nSPS) is 14.6. The maximum absolute atomic E-state index is 12.9. The number of H-pyrrole nitrogens is 1. The van der Waals surface area contributed by atoms with Crippen molar-refractivity contribution in [1.82, 2.24) is 14.5 Å². The van der Waals surface area contributed by atoms with Crippen LogP contribution in [0.2, 0.25) is 0 Å². The predicted octanol–water partition coefficient (Wildman–Crippen LogP) is 1.27. The van der Waals surface area contributed by atoms with E-state index in [4.69, 9.17) is 5.73 Å². The second-order valence-electron chi connectivity index (χ2n) is 7.85. The van der Waals surface area contributed by atoms with Gasteiger partial charge in [0.2, 0.25) is 5.91 Å². The van der Waals surface area contributed by atoms with Crippen LogP contribution in [0, 0.1) is 5.92 Å². The summed E-state index contributed by atoms with van der Waals surface area (Å²) in [4.78, 5) is 54.0. The summed E-state index contributed by atoms with van der Waals surface area (Å²) in [6.45, 7) is 1.16. The van der Waals surface area contributed by atoms with Crippen molar-refractivity contribution in [1.29, 1.82) is 0 Å². The summed E-state index contributed by atoms with van der Waals surface area (Å²) >= 11 is 0. The van der Waals surface area contributed by atoms with Crippen LogP contribution < -0.4 is 17.0 Å². The van der Waals surface area contributed by atoms with Gasteiger partial charge >= 0.3 is 5.69 Å². The number of nitrogens with one attached hydrogen (secondary N) is 1. The average molecular weight is 420 g/mol. The molecule has 1 fully saturated rings. The lowest BCUT2D eigenvalue weighted by atomic mass is 9.96. The average Bonchev–Trinajstić information content (AvgIpc) is 2.78. The molecule has 2 aromatic carbocycles. The van der Waals surface area contributed by atoms with Crippen LogP contribution in [-0.2, 0) is 17.8 Å². The number of likely N-dealkylation sites (tertiary alicyclic amines) is 1. The summed E-state index contributed by atoms with van der Waals surface area (Å²) in [5.74, 6) is -0.732. The van der Waals surface area contributed by atoms with Crippen LogP contribution >= 0.6 is 0 Å². The fourth-order valence-electron chi connectivity index (χ4n) is 4.03. The van der Waals surface area contributed by atoms with Gasteiger partial charge in [-0.15, -0.1) is 0 Å². The fraction of sp³-hybridized carbons (Fsp3) is 0.304. The molecule has 1 aliphatic heterocycles. The first-order valence-corrected chi connectivity index (χ1v) is 10.3. The summed E-state index contributed by atoms with van der Waals surface area (Å²) in [5.41, 5.74) is 6.24. The molecule has 160 valence electrons. The van der Waals surface area contributed by atoms with Crippen LogP contribution in [0.15, 0.2) is 58.1 Å². The van der Waals surface area contributed by atoms with E-state index in [-0.39, 0.29) is 29.8 Å². The van der Waals surface area contributed by atoms with Gasteiger partial charge in [0, 0.05) is 31.1 Å². The van der Waals surface area contributed by atoms with Crippen molar-refractivity contribution >= 4 is 22.7 Å². The molecule has 0 atom stereocenters. The monoisotopic (exact) mass is 420 g/mol. The van der Waals surface area contributed by atoms with Gasteiger partial charge in [-0.3, -0.25) is 19.0 Å². The van der Waals surface area contributed by atoms with Crippen molar-refractivity contribution < 1.29 is 9.59 Å². The lowest BCUT2D eigenvalue weighted by Gasteiger charge is -2.30. The quantitative estimate of drug-likeness (QED) is 0.646. The standard InChI is InChI=1S/C23H24N4O4/c24-20(28)16-9-11-26(12-10-16)21(29)17-6-7-18-19(14-17)25-23(31)27(22(18)30)13-8-15-4-2-1-3-5-15/h1-7,14,16H,8-13H2,(H2,24,28)(H,25,31). The smallest absolute Gasteiger partial charge is 0.328 e. The molecule has 3 N–H and O–H groups in total. The number of aromatic nitrogens is 2. The molecule has 2 amide bonds. The molecular formula is C23H24N4O4. The molecule has 0 saturated carbocycles. The maximum Gasteiger partial charge on any atom is 0.328 e. The first kappa shape index (κ1) is 20.6. The molecule has 31 heavy (non-hydrogen) atoms. The lowest BCUT2D eigenvalue weighted by molar-refractivity contribution is -0.123. The van der Waals surface area contributed by atoms with Gasteiger partial charge in [0.15, 0.2) is 0 Å². The molecule has 1 aliphatic rings. The highest BCUT2D eigenvalue weighted by atomic mass is 16.2. The van der Waals surface area contributed by atoms with Crippen LogP contribution in [0.1, 0.15) is 28.8 Å². The number of hydrogen-bond donors (Lipinski definition) is 2. The fourth-order valence-corrected chi connectivity index (χ4v) is 4.03. The molecule has 2 heterocycles. The third-order valence-corrected chi connectivity index (χ3v) is 5.88. The number of aryl methyl sites for hydroxylation is 1. The Morgan fingerprint density at radius 2 is 1.74 bits per heavy atom. The van der Waals surface area contributed by atoms with E-state index in [2.05, 4.69) is 4.98 Å². The highest BCUT2D eigenvalue weighted by Gasteiger charge is 2.26. The Balaban J connectivity index is 1.56. The Labute approximate surface area is 178 Å². The maximum atomic E-state index is 12.9. The zero-order valence-corrected chi connectivity index (χ0v) is 17.0. The van der Waals surface area contributed by atoms with Crippen molar-refractivity contribution in [2.75, 3.05) is 13.1 Å². The highest BCUT2D eigenvalue weighted by molar-refractivity contribution is 5.97. The highest BCUT2D eigenvalue weighted by Crippen LogP contribution is 2.19. The van der Waals surface area contributed by atoms with Crippen LogP contribution in [0.5, 0.6) is 0 Å². The molecule has 8 nitrogen and oxygen atoms in total. The first-order chi connectivity index (χ1) is 14.9. The van der Waals surface area contributed by atoms with Crippen molar-refractivity contribution in [3.8, 4) is 0 Å². The van der Waals surface area contributed by atoms with E-state index in [1.807, 2.05) is 30.3 Å². The number of nitrogens with two attached hydrogens (primary N) is 1. The van der Waals surface area contributed by atoms with E-state index in [1.54, 1.807) is 23.1 Å². The third kappa shape index (κ3) is 4.28. The van der Waals surface area contributed by atoms with Gasteiger partial charge in [-0.05, 0) is 43.0 Å². The summed E-state index contributed by atoms with van der Waals surface area (Å²) in [5, 5.41) is 0.358. The number of amides is 2. The minimum absolute atomic E-state index is 0.195. The molecule has 1 saturated heterocycles. The Morgan fingerprint density at radius 3 is 2.42 bits per heavy atom. The molecule has 0 unspecified atom stereocenters. The number of primary amides is 1. The van der Waals surface area contributed by atoms with Crippen molar-refractivity contribution in [2.24, 2.45) is 11.7 Å². The van der Waals surface area contributed by atoms with Crippen LogP contribution in [0.3, 0.4) is 0 Å². The SMILES string of the molecule is NC(=O)C1CCN(C(=O)c2ccc3c(=O)n(CCc4ccccc4)c(=O)[nH]c3c2)CC1. The van der Waals surface area contributed by atoms with E-state index in [0.717, 1.165) is 5.56 Å². The molecule has 0 radical (unpaired) electrons. The van der Waals surface area contributed by atoms with Gasteiger partial charge < -0.3 is 15.6 Å². The summed E-state index contributed by atoms with van der Waals surface area (Å²) < 4.78 is 1.19. The summed E-state index contributed by atoms with van der Waals surface area (Å²) in [6, 6.07) is 14.4. The van der Waals surface area contributed by atoms with Gasteiger partial charge in [0.05, 0.1) is 10.9 Å². The van der Waals surface area contributed by atoms with Crippen molar-refractivity contribution in [3.63, 3.8) is 0 Å². The van der Waals surface area contributed by atoms with E-state index in [1.165, 1.54) is 4.57 Å². The Morgan fingerprint density at radius 1 is 1.03 bits per heavy atom. The number of carbonyl (C=O) groups excluding carboxylic acids is 2. The number of hydrogen-bond acceptors (Lipinski definition) is 4. The van der Waals surface area contributed by atoms with E-state index < -0.39 is 5.69 Å². The number of nitrogens with zero attached hydrogens (tertiary/aromatic N) is 2. The van der Waals surface area contributed by atoms with Crippen molar-refractivity contribution in [2.45, 2.75) is 25.8 Å². The van der Waals surface area contributed by atoms with E-state index in [0.29, 0.717) is 48.8 Å². The number of rotatable bonds is 5. The number of benzene rings is 2. The number of piperidine rings is 1. The minimum Gasteiger partial charge on any atom is -0.369 e. The second kappa shape index (κ2) is 8.59. The topological polar surface area (TPSA) is 118 Å². The predicted molar refractivity (Wildman–Crippen MR) is 117 cm³/mol. The molecule has 0 bridgehead atoms. The van der Waals surface area contributed by atoms with Crippen molar-refractivity contribution in [3.05, 3.63) is 80.5 Å². The molecule has 0 spiro atoms. The summed E-state index contributed by atoms with van der Waals surface area (Å²) in [7, 11) is 0. The van der Waals surface area contributed by atoms with Crippen LogP contribution in [-0.4, -0.2) is 39.4 Å². The van der Waals surface area contributed by atoms with E-state index in [9.17, 15) is 19.2 Å². The zero-order chi connectivity index (χ0) is 22.0. The van der Waals surface area contributed by atoms with Gasteiger partial charge in [-0.2, -0.15) is 0 Å². The van der Waals surface area contributed by atoms with Gasteiger partial charge in [0.1, 0.15) is 0 Å². The zero-order valence-electron chi connectivity index (χ0n) is 17.0. The number of fused-ring (bicyclic) bond motifs is 1. The number of aromatic amines is 1. The van der Waals surface area contributed by atoms with Gasteiger partial charge in [0.25, 0.3) is 11.5 Å². The minimum atomic E-state index is -0.500. The Hall–Kier alpha value is -3.68. The van der Waals surface area contributed by atoms with Crippen LogP contribution in [0.25, 0.3) is 10.9 Å². The molecule has 1 aromatic heterocycles. The lowest BCUT2D eigenvalue weighted by Crippen LogP contribution is -2.41. The molecule has 0 aliphatic carbocycles. The second-order valence-corrected chi connectivity index (χ2v) is 7.85. The van der Waals surface area contributed by atoms with Gasteiger partial charge in [-0.1, -0.05) is 30.3 Å². The largest absolute Gasteiger partial charge is 0.369 e. The molecule has 3 aromatic rings. The summed E-state index contributed by atoms with van der Waals surface area (Å²) in [6.07, 6.45) is 1.64. The molecular weight excluding hydrogens is 396 g/mol. The molecule has 4 rings (SSSR count). The third-order valence-electron chi connectivity index (χ3n) is 5.88. The molecule has 8 heteroatoms. The van der Waals surface area contributed by atoms with E-state index >= 15 is 0 Å². The van der Waals surface area contributed by atoms with Crippen LogP contribution in [0.4, 0.5) is 0 Å². The Kier molecular flexibility index (Phi) is 5.70. The first-order valence-electron chi connectivity index (χ1n) is 10.3.